The van der Waals surface area contributed by atoms with Crippen molar-refractivity contribution in [1.82, 2.24) is 20.0 Å². The van der Waals surface area contributed by atoms with E-state index in [-0.39, 0.29) is 35.1 Å². The quantitative estimate of drug-likeness (QED) is 0.321. The molecule has 0 aliphatic carbocycles. The molecule has 0 aliphatic rings. The van der Waals surface area contributed by atoms with Crippen molar-refractivity contribution in [3.05, 3.63) is 48.3 Å². The van der Waals surface area contributed by atoms with Crippen LogP contribution in [-0.2, 0) is 16.4 Å². The fraction of sp³-hybridized carbons (Fsp3) is 0.500. The topological polar surface area (TPSA) is 79.6 Å². The molecule has 29 heavy (non-hydrogen) atoms. The number of halogens is 1. The standard InChI is InChI=1S/C20H31N5O2S.HI/c1-20(2,11-12-28(5,26)27)16-22-19(21-3)24(4)14-17-13-23-25(15-17)18-9-7-6-8-10-18;/h6-10,13,15H,11-12,14,16H2,1-5H3,(H,21,22);1H. The van der Waals surface area contributed by atoms with Crippen molar-refractivity contribution in [2.24, 2.45) is 10.4 Å². The molecule has 0 saturated heterocycles. The van der Waals surface area contributed by atoms with Crippen molar-refractivity contribution in [1.29, 1.82) is 0 Å². The van der Waals surface area contributed by atoms with Crippen molar-refractivity contribution in [3.8, 4) is 5.69 Å². The molecule has 0 aliphatic heterocycles. The van der Waals surface area contributed by atoms with E-state index in [2.05, 4.69) is 29.3 Å². The SMILES string of the molecule is CN=C(NCC(C)(C)CCS(C)(=O)=O)N(C)Cc1cnn(-c2ccccc2)c1.I. The van der Waals surface area contributed by atoms with Crippen LogP contribution in [0, 0.1) is 5.41 Å². The molecule has 0 spiro atoms. The molecule has 9 heteroatoms. The minimum Gasteiger partial charge on any atom is -0.356 e. The summed E-state index contributed by atoms with van der Waals surface area (Å²) in [5.74, 6) is 0.953. The summed E-state index contributed by atoms with van der Waals surface area (Å²) in [6, 6.07) is 9.98. The van der Waals surface area contributed by atoms with Crippen LogP contribution in [0.4, 0.5) is 0 Å². The Hall–Kier alpha value is -1.62. The smallest absolute Gasteiger partial charge is 0.193 e. The van der Waals surface area contributed by atoms with Crippen molar-refractivity contribution in [2.75, 3.05) is 32.6 Å². The van der Waals surface area contributed by atoms with Gasteiger partial charge in [0.2, 0.25) is 0 Å². The number of benzene rings is 1. The van der Waals surface area contributed by atoms with Crippen LogP contribution in [0.15, 0.2) is 47.7 Å². The summed E-state index contributed by atoms with van der Waals surface area (Å²) in [6.07, 6.45) is 5.74. The average Bonchev–Trinajstić information content (AvgIpc) is 3.09. The molecular weight excluding hydrogens is 501 g/mol. The lowest BCUT2D eigenvalue weighted by Gasteiger charge is -2.28. The van der Waals surface area contributed by atoms with Gasteiger partial charge in [0, 0.05) is 45.2 Å². The number of nitrogens with zero attached hydrogens (tertiary/aromatic N) is 4. The van der Waals surface area contributed by atoms with Gasteiger partial charge in [-0.15, -0.1) is 24.0 Å². The minimum absolute atomic E-state index is 0. The molecule has 1 N–H and O–H groups in total. The second-order valence-electron chi connectivity index (χ2n) is 7.93. The summed E-state index contributed by atoms with van der Waals surface area (Å²) in [6.45, 7) is 5.42. The maximum atomic E-state index is 11.4. The first-order valence-electron chi connectivity index (χ1n) is 9.28. The fourth-order valence-electron chi connectivity index (χ4n) is 2.77. The number of hydrogen-bond donors (Lipinski definition) is 1. The zero-order valence-corrected chi connectivity index (χ0v) is 20.9. The number of hydrogen-bond acceptors (Lipinski definition) is 4. The van der Waals surface area contributed by atoms with Crippen LogP contribution in [0.2, 0.25) is 0 Å². The van der Waals surface area contributed by atoms with Crippen LogP contribution >= 0.6 is 24.0 Å². The summed E-state index contributed by atoms with van der Waals surface area (Å²) < 4.78 is 24.7. The highest BCUT2D eigenvalue weighted by molar-refractivity contribution is 14.0. The molecule has 0 atom stereocenters. The predicted octanol–water partition coefficient (Wildman–Crippen LogP) is 2.96. The molecule has 0 bridgehead atoms. The number of aromatic nitrogens is 2. The largest absolute Gasteiger partial charge is 0.356 e. The van der Waals surface area contributed by atoms with Crippen molar-refractivity contribution < 1.29 is 8.42 Å². The predicted molar refractivity (Wildman–Crippen MR) is 130 cm³/mol. The maximum absolute atomic E-state index is 11.4. The van der Waals surface area contributed by atoms with Gasteiger partial charge in [-0.25, -0.2) is 13.1 Å². The van der Waals surface area contributed by atoms with Crippen LogP contribution in [0.25, 0.3) is 5.69 Å². The van der Waals surface area contributed by atoms with E-state index in [0.29, 0.717) is 19.5 Å². The van der Waals surface area contributed by atoms with Crippen molar-refractivity contribution in [3.63, 3.8) is 0 Å². The van der Waals surface area contributed by atoms with Gasteiger partial charge in [-0.2, -0.15) is 5.10 Å². The van der Waals surface area contributed by atoms with Gasteiger partial charge >= 0.3 is 0 Å². The van der Waals surface area contributed by atoms with Gasteiger partial charge in [-0.3, -0.25) is 4.99 Å². The normalized spacial score (nSPS) is 12.4. The van der Waals surface area contributed by atoms with Crippen LogP contribution in [0.3, 0.4) is 0 Å². The summed E-state index contributed by atoms with van der Waals surface area (Å²) in [7, 11) is 0.760. The van der Waals surface area contributed by atoms with E-state index >= 15 is 0 Å². The van der Waals surface area contributed by atoms with E-state index in [4.69, 9.17) is 0 Å². The summed E-state index contributed by atoms with van der Waals surface area (Å²) in [4.78, 5) is 6.37. The van der Waals surface area contributed by atoms with E-state index < -0.39 is 9.84 Å². The number of rotatable bonds is 8. The second-order valence-corrected chi connectivity index (χ2v) is 10.2. The first-order valence-corrected chi connectivity index (χ1v) is 11.3. The van der Waals surface area contributed by atoms with Gasteiger partial charge in [0.05, 0.1) is 17.6 Å². The Morgan fingerprint density at radius 1 is 1.28 bits per heavy atom. The highest BCUT2D eigenvalue weighted by atomic mass is 127. The molecular formula is C20H32IN5O2S. The van der Waals surface area contributed by atoms with Gasteiger partial charge in [-0.1, -0.05) is 32.0 Å². The summed E-state index contributed by atoms with van der Waals surface area (Å²) in [5.41, 5.74) is 1.94. The number of nitrogens with one attached hydrogen (secondary N) is 1. The summed E-state index contributed by atoms with van der Waals surface area (Å²) >= 11 is 0. The molecule has 162 valence electrons. The van der Waals surface area contributed by atoms with Gasteiger partial charge in [-0.05, 0) is 24.0 Å². The first-order chi connectivity index (χ1) is 13.1. The van der Waals surface area contributed by atoms with Gasteiger partial charge in [0.25, 0.3) is 0 Å². The number of sulfone groups is 1. The lowest BCUT2D eigenvalue weighted by molar-refractivity contribution is 0.340. The molecule has 0 unspecified atom stereocenters. The van der Waals surface area contributed by atoms with Crippen molar-refractivity contribution >= 4 is 39.8 Å². The molecule has 7 nitrogen and oxygen atoms in total. The number of guanidine groups is 1. The van der Waals surface area contributed by atoms with E-state index in [1.807, 2.05) is 59.4 Å². The molecule has 1 aromatic heterocycles. The van der Waals surface area contributed by atoms with E-state index in [1.54, 1.807) is 7.05 Å². The lowest BCUT2D eigenvalue weighted by Crippen LogP contribution is -2.43. The molecule has 1 aromatic carbocycles. The number of para-hydroxylation sites is 1. The van der Waals surface area contributed by atoms with Gasteiger partial charge in [0.1, 0.15) is 9.84 Å². The lowest BCUT2D eigenvalue weighted by atomic mass is 9.90. The van der Waals surface area contributed by atoms with Crippen LogP contribution in [-0.4, -0.2) is 61.7 Å². The highest BCUT2D eigenvalue weighted by Gasteiger charge is 2.21. The van der Waals surface area contributed by atoms with Crippen LogP contribution < -0.4 is 5.32 Å². The Labute approximate surface area is 191 Å². The Bertz CT molecular complexity index is 895. The first kappa shape index (κ1) is 25.4. The third-order valence-corrected chi connectivity index (χ3v) is 5.47. The monoisotopic (exact) mass is 533 g/mol. The molecule has 1 heterocycles. The van der Waals surface area contributed by atoms with Crippen molar-refractivity contribution in [2.45, 2.75) is 26.8 Å². The van der Waals surface area contributed by atoms with Crippen LogP contribution in [0.5, 0.6) is 0 Å². The molecule has 2 aromatic rings. The fourth-order valence-corrected chi connectivity index (χ4v) is 3.69. The molecule has 0 saturated carbocycles. The van der Waals surface area contributed by atoms with Gasteiger partial charge in [0.15, 0.2) is 5.96 Å². The Balaban J connectivity index is 0.00000420. The third-order valence-electron chi connectivity index (χ3n) is 4.52. The Morgan fingerprint density at radius 3 is 2.52 bits per heavy atom. The average molecular weight is 533 g/mol. The van der Waals surface area contributed by atoms with E-state index in [0.717, 1.165) is 17.2 Å². The highest BCUT2D eigenvalue weighted by Crippen LogP contribution is 2.20. The Morgan fingerprint density at radius 2 is 1.93 bits per heavy atom. The molecule has 0 fully saturated rings. The number of aliphatic imine (C=N–C) groups is 1. The maximum Gasteiger partial charge on any atom is 0.193 e. The zero-order valence-electron chi connectivity index (χ0n) is 17.8. The second kappa shape index (κ2) is 11.0. The Kier molecular flexibility index (Phi) is 9.60. The third kappa shape index (κ3) is 8.73. The van der Waals surface area contributed by atoms with E-state index in [1.165, 1.54) is 6.26 Å². The zero-order chi connectivity index (χ0) is 20.8. The summed E-state index contributed by atoms with van der Waals surface area (Å²) in [5, 5.41) is 7.79. The molecule has 2 rings (SSSR count). The molecule has 0 radical (unpaired) electrons. The minimum atomic E-state index is -2.96. The molecule has 0 amide bonds. The van der Waals surface area contributed by atoms with Gasteiger partial charge < -0.3 is 10.2 Å². The van der Waals surface area contributed by atoms with Crippen LogP contribution in [0.1, 0.15) is 25.8 Å². The van der Waals surface area contributed by atoms with E-state index in [9.17, 15) is 8.42 Å².